The topological polar surface area (TPSA) is 174 Å². The number of aromatic amines is 1. The summed E-state index contributed by atoms with van der Waals surface area (Å²) in [6.07, 6.45) is 8.03. The van der Waals surface area contributed by atoms with Gasteiger partial charge in [0.25, 0.3) is 5.56 Å². The van der Waals surface area contributed by atoms with Crippen LogP contribution in [0.3, 0.4) is 0 Å². The number of hydrogen-bond acceptors (Lipinski definition) is 9. The highest BCUT2D eigenvalue weighted by molar-refractivity contribution is 6.39. The maximum Gasteiger partial charge on any atom is 0.260 e. The zero-order valence-corrected chi connectivity index (χ0v) is 24.4. The number of Topliss-reactive ketones (excluding diaryl/α,β-unsaturated/α-hetero) is 3. The number of H-pyrrole nitrogens is 1. The molecule has 10 heteroatoms. The summed E-state index contributed by atoms with van der Waals surface area (Å²) in [6, 6.07) is 12.3. The van der Waals surface area contributed by atoms with Crippen molar-refractivity contribution in [2.75, 3.05) is 0 Å². The molecule has 0 saturated carbocycles. The summed E-state index contributed by atoms with van der Waals surface area (Å²) in [4.78, 5) is 71.1. The lowest BCUT2D eigenvalue weighted by Gasteiger charge is -2.22. The van der Waals surface area contributed by atoms with E-state index in [1.807, 2.05) is 31.2 Å². The molecular weight excluding hydrogens is 588 g/mol. The van der Waals surface area contributed by atoms with Gasteiger partial charge in [-0.3, -0.25) is 24.0 Å². The van der Waals surface area contributed by atoms with E-state index >= 15 is 0 Å². The number of benzene rings is 3. The summed E-state index contributed by atoms with van der Waals surface area (Å²) in [5.41, 5.74) is -3.61. The molecule has 1 heterocycles. The molecule has 4 aromatic rings. The van der Waals surface area contributed by atoms with Gasteiger partial charge in [0, 0.05) is 23.9 Å². The van der Waals surface area contributed by atoms with Crippen LogP contribution in [0.1, 0.15) is 77.2 Å². The molecule has 0 saturated heterocycles. The standard InChI is InChI=1S/C36H26N2O8/c1-2-3-5-10-20-14-19-13-18-11-12-36(28(18)32(43)23(19)35(46)38-20)33(44)26-27(34(36)45)31(42)25-24(30(26)41)22(39)15-21(29(25)40)37-16-17-8-6-4-7-9-17/h2-10,13-15,37,41-43H,11-12,16H2,1H3,(H,38,46)/t36-/m0/s1. The van der Waals surface area contributed by atoms with Crippen LogP contribution in [0.2, 0.25) is 0 Å². The number of nitrogens with one attached hydrogen (secondary N) is 2. The minimum atomic E-state index is -2.08. The van der Waals surface area contributed by atoms with Crippen molar-refractivity contribution in [3.05, 3.63) is 127 Å². The number of hydrogen-bond donors (Lipinski definition) is 5. The Bertz CT molecular complexity index is 2240. The van der Waals surface area contributed by atoms with Gasteiger partial charge in [0.15, 0.2) is 17.3 Å². The van der Waals surface area contributed by atoms with Gasteiger partial charge in [-0.05, 0) is 48.4 Å². The number of fused-ring (bicyclic) bond motifs is 5. The largest absolute Gasteiger partial charge is 0.507 e. The molecule has 1 aromatic heterocycles. The lowest BCUT2D eigenvalue weighted by atomic mass is 9.76. The van der Waals surface area contributed by atoms with Crippen LogP contribution in [0.15, 0.2) is 77.3 Å². The molecule has 228 valence electrons. The first kappa shape index (κ1) is 28.7. The number of aromatic nitrogens is 1. The Balaban J connectivity index is 1.35. The molecule has 3 aliphatic carbocycles. The first-order valence-electron chi connectivity index (χ1n) is 14.6. The van der Waals surface area contributed by atoms with Crippen molar-refractivity contribution in [1.82, 2.24) is 10.3 Å². The zero-order valence-electron chi connectivity index (χ0n) is 24.4. The van der Waals surface area contributed by atoms with E-state index in [1.54, 1.807) is 42.5 Å². The molecule has 3 aromatic carbocycles. The van der Waals surface area contributed by atoms with Gasteiger partial charge < -0.3 is 25.6 Å². The minimum Gasteiger partial charge on any atom is -0.507 e. The van der Waals surface area contributed by atoms with Gasteiger partial charge in [0.1, 0.15) is 22.7 Å². The van der Waals surface area contributed by atoms with Gasteiger partial charge in [0.2, 0.25) is 5.78 Å². The predicted octanol–water partition coefficient (Wildman–Crippen LogP) is 4.55. The van der Waals surface area contributed by atoms with E-state index in [0.29, 0.717) is 16.6 Å². The zero-order chi connectivity index (χ0) is 32.5. The molecule has 0 aliphatic heterocycles. The highest BCUT2D eigenvalue weighted by Crippen LogP contribution is 2.57. The maximum absolute atomic E-state index is 14.3. The second-order valence-corrected chi connectivity index (χ2v) is 11.5. The van der Waals surface area contributed by atoms with Crippen LogP contribution < -0.4 is 10.9 Å². The summed E-state index contributed by atoms with van der Waals surface area (Å²) >= 11 is 0. The number of allylic oxidation sites excluding steroid dienone is 5. The van der Waals surface area contributed by atoms with Crippen LogP contribution in [-0.4, -0.2) is 43.4 Å². The quantitative estimate of drug-likeness (QED) is 0.123. The smallest absolute Gasteiger partial charge is 0.260 e. The highest BCUT2D eigenvalue weighted by atomic mass is 16.3. The van der Waals surface area contributed by atoms with Gasteiger partial charge in [0.05, 0.1) is 33.3 Å². The summed E-state index contributed by atoms with van der Waals surface area (Å²) in [5, 5.41) is 37.4. The summed E-state index contributed by atoms with van der Waals surface area (Å²) in [5.74, 6) is -5.90. The Kier molecular flexibility index (Phi) is 6.41. The minimum absolute atomic E-state index is 0.0910. The number of aryl methyl sites for hydroxylation is 1. The highest BCUT2D eigenvalue weighted by Gasteiger charge is 2.61. The van der Waals surface area contributed by atoms with E-state index in [-0.39, 0.29) is 36.0 Å². The van der Waals surface area contributed by atoms with Gasteiger partial charge >= 0.3 is 0 Å². The van der Waals surface area contributed by atoms with E-state index in [1.165, 1.54) is 0 Å². The SMILES string of the molecule is CC=CC=Cc1cc2cc3c(c(O)c2c(=O)[nH]1)[C@@]1(CC3)C(=O)c2c(O)c3c(c(O)c2C1=O)C(=O)C(NCc1ccccc1)=CC3=O. The lowest BCUT2D eigenvalue weighted by Crippen LogP contribution is -2.36. The van der Waals surface area contributed by atoms with E-state index in [4.69, 9.17) is 0 Å². The monoisotopic (exact) mass is 614 g/mol. The molecule has 0 radical (unpaired) electrons. The molecule has 0 unspecified atom stereocenters. The number of carbonyl (C=O) groups excluding carboxylic acids is 4. The lowest BCUT2D eigenvalue weighted by molar-refractivity contribution is 0.0790. The van der Waals surface area contributed by atoms with Crippen LogP contribution in [0.25, 0.3) is 16.8 Å². The summed E-state index contributed by atoms with van der Waals surface area (Å²) in [7, 11) is 0. The van der Waals surface area contributed by atoms with Crippen molar-refractivity contribution in [3.63, 3.8) is 0 Å². The fourth-order valence-corrected chi connectivity index (χ4v) is 6.91. The van der Waals surface area contributed by atoms with Gasteiger partial charge in [-0.1, -0.05) is 54.6 Å². The fraction of sp³-hybridized carbons (Fsp3) is 0.139. The molecule has 5 N–H and O–H groups in total. The van der Waals surface area contributed by atoms with Gasteiger partial charge in [-0.2, -0.15) is 0 Å². The molecule has 1 spiro atoms. The maximum atomic E-state index is 14.3. The Hall–Kier alpha value is -6.03. The van der Waals surface area contributed by atoms with E-state index in [0.717, 1.165) is 11.6 Å². The number of aromatic hydroxyl groups is 3. The molecule has 10 nitrogen and oxygen atoms in total. The van der Waals surface area contributed by atoms with E-state index < -0.39 is 73.6 Å². The van der Waals surface area contributed by atoms with Crippen LogP contribution >= 0.6 is 0 Å². The Morgan fingerprint density at radius 3 is 2.26 bits per heavy atom. The van der Waals surface area contributed by atoms with E-state index in [2.05, 4.69) is 10.3 Å². The normalized spacial score (nSPS) is 18.6. The number of ketones is 4. The van der Waals surface area contributed by atoms with Crippen LogP contribution in [-0.2, 0) is 18.4 Å². The van der Waals surface area contributed by atoms with Crippen LogP contribution in [0.4, 0.5) is 0 Å². The van der Waals surface area contributed by atoms with Crippen LogP contribution in [0, 0.1) is 0 Å². The number of pyridine rings is 1. The second kappa shape index (κ2) is 10.3. The number of rotatable bonds is 5. The molecule has 3 aliphatic rings. The molecule has 46 heavy (non-hydrogen) atoms. The molecule has 0 bridgehead atoms. The van der Waals surface area contributed by atoms with Crippen LogP contribution in [0.5, 0.6) is 17.2 Å². The fourth-order valence-electron chi connectivity index (χ4n) is 6.91. The molecule has 1 atom stereocenters. The third-order valence-electron chi connectivity index (χ3n) is 8.98. The summed E-state index contributed by atoms with van der Waals surface area (Å²) < 4.78 is 0. The molecular formula is C36H26N2O8. The van der Waals surface area contributed by atoms with Crippen molar-refractivity contribution < 1.29 is 34.5 Å². The van der Waals surface area contributed by atoms with Crippen molar-refractivity contribution >= 4 is 40.0 Å². The Morgan fingerprint density at radius 1 is 0.870 bits per heavy atom. The van der Waals surface area contributed by atoms with E-state index in [9.17, 15) is 39.3 Å². The van der Waals surface area contributed by atoms with Crippen molar-refractivity contribution in [2.24, 2.45) is 0 Å². The van der Waals surface area contributed by atoms with Crippen molar-refractivity contribution in [1.29, 1.82) is 0 Å². The number of carbonyl (C=O) groups is 4. The third kappa shape index (κ3) is 3.86. The third-order valence-corrected chi connectivity index (χ3v) is 8.98. The average Bonchev–Trinajstić information content (AvgIpc) is 3.53. The van der Waals surface area contributed by atoms with Gasteiger partial charge in [-0.25, -0.2) is 0 Å². The Labute approximate surface area is 261 Å². The molecule has 0 amide bonds. The molecule has 0 fully saturated rings. The first-order chi connectivity index (χ1) is 22.1. The van der Waals surface area contributed by atoms with Crippen molar-refractivity contribution in [2.45, 2.75) is 31.7 Å². The average molecular weight is 615 g/mol. The van der Waals surface area contributed by atoms with Crippen molar-refractivity contribution in [3.8, 4) is 17.2 Å². The summed E-state index contributed by atoms with van der Waals surface area (Å²) in [6.45, 7) is 2.02. The number of phenolic OH excluding ortho intramolecular Hbond substituents is 3. The first-order valence-corrected chi connectivity index (χ1v) is 14.6. The number of phenols is 3. The van der Waals surface area contributed by atoms with Gasteiger partial charge in [-0.15, -0.1) is 0 Å². The predicted molar refractivity (Wildman–Crippen MR) is 169 cm³/mol. The second-order valence-electron chi connectivity index (χ2n) is 11.5. The molecule has 7 rings (SSSR count). The Morgan fingerprint density at radius 2 is 1.57 bits per heavy atom.